The van der Waals surface area contributed by atoms with Gasteiger partial charge in [-0.15, -0.1) is 0 Å². The SMILES string of the molecule is OB(O)c1ccc(COC2COC2)cc1. The maximum absolute atomic E-state index is 8.89. The van der Waals surface area contributed by atoms with Gasteiger partial charge in [0.15, 0.2) is 0 Å². The maximum Gasteiger partial charge on any atom is 0.488 e. The van der Waals surface area contributed by atoms with Gasteiger partial charge in [0.1, 0.15) is 6.10 Å². The Hall–Kier alpha value is -0.875. The molecule has 1 heterocycles. The highest BCUT2D eigenvalue weighted by Crippen LogP contribution is 2.09. The average molecular weight is 208 g/mol. The molecule has 0 aliphatic carbocycles. The van der Waals surface area contributed by atoms with Crippen LogP contribution in [-0.2, 0) is 16.1 Å². The van der Waals surface area contributed by atoms with Crippen molar-refractivity contribution < 1.29 is 19.5 Å². The second-order valence-electron chi connectivity index (χ2n) is 3.59. The third kappa shape index (κ3) is 2.79. The third-order valence-electron chi connectivity index (χ3n) is 2.37. The van der Waals surface area contributed by atoms with Crippen molar-refractivity contribution in [2.24, 2.45) is 0 Å². The van der Waals surface area contributed by atoms with E-state index in [2.05, 4.69) is 0 Å². The van der Waals surface area contributed by atoms with Crippen LogP contribution < -0.4 is 5.46 Å². The minimum Gasteiger partial charge on any atom is -0.423 e. The Morgan fingerprint density at radius 3 is 2.40 bits per heavy atom. The van der Waals surface area contributed by atoms with Crippen LogP contribution in [-0.4, -0.2) is 36.5 Å². The predicted molar refractivity (Wildman–Crippen MR) is 55.7 cm³/mol. The molecule has 0 aromatic heterocycles. The fraction of sp³-hybridized carbons (Fsp3) is 0.400. The van der Waals surface area contributed by atoms with Gasteiger partial charge in [-0.2, -0.15) is 0 Å². The van der Waals surface area contributed by atoms with E-state index >= 15 is 0 Å². The summed E-state index contributed by atoms with van der Waals surface area (Å²) in [4.78, 5) is 0. The lowest BCUT2D eigenvalue weighted by molar-refractivity contribution is -0.135. The minimum atomic E-state index is -1.40. The molecule has 4 nitrogen and oxygen atoms in total. The van der Waals surface area contributed by atoms with Crippen molar-refractivity contribution in [3.05, 3.63) is 29.8 Å². The Bertz CT molecular complexity index is 308. The Morgan fingerprint density at radius 1 is 1.27 bits per heavy atom. The number of rotatable bonds is 4. The Balaban J connectivity index is 1.86. The zero-order valence-corrected chi connectivity index (χ0v) is 8.30. The summed E-state index contributed by atoms with van der Waals surface area (Å²) in [5, 5.41) is 17.8. The van der Waals surface area contributed by atoms with Crippen LogP contribution in [0.5, 0.6) is 0 Å². The van der Waals surface area contributed by atoms with Crippen molar-refractivity contribution in [3.63, 3.8) is 0 Å². The van der Waals surface area contributed by atoms with Gasteiger partial charge in [0.05, 0.1) is 19.8 Å². The molecule has 0 radical (unpaired) electrons. The van der Waals surface area contributed by atoms with E-state index in [1.54, 1.807) is 12.1 Å². The summed E-state index contributed by atoms with van der Waals surface area (Å²) in [7, 11) is -1.40. The van der Waals surface area contributed by atoms with Gasteiger partial charge in [-0.05, 0) is 11.0 Å². The normalized spacial score (nSPS) is 16.1. The fourth-order valence-corrected chi connectivity index (χ4v) is 1.31. The van der Waals surface area contributed by atoms with Crippen LogP contribution in [0.3, 0.4) is 0 Å². The van der Waals surface area contributed by atoms with E-state index in [1.807, 2.05) is 12.1 Å². The van der Waals surface area contributed by atoms with E-state index in [0.29, 0.717) is 25.3 Å². The lowest BCUT2D eigenvalue weighted by atomic mass is 9.80. The smallest absolute Gasteiger partial charge is 0.423 e. The molecule has 2 N–H and O–H groups in total. The molecule has 0 bridgehead atoms. The molecule has 0 atom stereocenters. The first-order valence-electron chi connectivity index (χ1n) is 4.90. The van der Waals surface area contributed by atoms with Gasteiger partial charge in [0.2, 0.25) is 0 Å². The van der Waals surface area contributed by atoms with Crippen molar-refractivity contribution in [2.45, 2.75) is 12.7 Å². The van der Waals surface area contributed by atoms with Crippen LogP contribution in [0.1, 0.15) is 5.56 Å². The van der Waals surface area contributed by atoms with Crippen molar-refractivity contribution >= 4 is 12.6 Å². The topological polar surface area (TPSA) is 58.9 Å². The highest BCUT2D eigenvalue weighted by molar-refractivity contribution is 6.58. The number of hydrogen-bond donors (Lipinski definition) is 2. The van der Waals surface area contributed by atoms with E-state index in [4.69, 9.17) is 19.5 Å². The van der Waals surface area contributed by atoms with E-state index in [-0.39, 0.29) is 6.10 Å². The summed E-state index contributed by atoms with van der Waals surface area (Å²) in [6, 6.07) is 7.02. The summed E-state index contributed by atoms with van der Waals surface area (Å²) in [6.07, 6.45) is 0.216. The van der Waals surface area contributed by atoms with E-state index in [9.17, 15) is 0 Å². The van der Waals surface area contributed by atoms with Crippen LogP contribution in [0.4, 0.5) is 0 Å². The Labute approximate surface area is 88.6 Å². The van der Waals surface area contributed by atoms with Gasteiger partial charge in [0, 0.05) is 0 Å². The van der Waals surface area contributed by atoms with Crippen LogP contribution in [0.15, 0.2) is 24.3 Å². The highest BCUT2D eigenvalue weighted by atomic mass is 16.6. The summed E-state index contributed by atoms with van der Waals surface area (Å²) in [5.74, 6) is 0. The number of benzene rings is 1. The first kappa shape index (κ1) is 10.6. The Morgan fingerprint density at radius 2 is 1.93 bits per heavy atom. The fourth-order valence-electron chi connectivity index (χ4n) is 1.31. The van der Waals surface area contributed by atoms with Gasteiger partial charge in [-0.3, -0.25) is 0 Å². The molecule has 15 heavy (non-hydrogen) atoms. The second kappa shape index (κ2) is 4.76. The molecular weight excluding hydrogens is 195 g/mol. The van der Waals surface area contributed by atoms with Crippen molar-refractivity contribution in [3.8, 4) is 0 Å². The lowest BCUT2D eigenvalue weighted by Crippen LogP contribution is -2.35. The van der Waals surface area contributed by atoms with Crippen molar-refractivity contribution in [1.29, 1.82) is 0 Å². The molecule has 2 rings (SSSR count). The summed E-state index contributed by atoms with van der Waals surface area (Å²) >= 11 is 0. The van der Waals surface area contributed by atoms with Crippen LogP contribution in [0.2, 0.25) is 0 Å². The van der Waals surface area contributed by atoms with Gasteiger partial charge in [-0.25, -0.2) is 0 Å². The maximum atomic E-state index is 8.89. The quantitative estimate of drug-likeness (QED) is 0.641. The third-order valence-corrected chi connectivity index (χ3v) is 2.37. The van der Waals surface area contributed by atoms with Crippen LogP contribution in [0.25, 0.3) is 0 Å². The Kier molecular flexibility index (Phi) is 3.38. The highest BCUT2D eigenvalue weighted by Gasteiger charge is 2.18. The second-order valence-corrected chi connectivity index (χ2v) is 3.59. The molecule has 1 aliphatic rings. The molecule has 1 fully saturated rings. The summed E-state index contributed by atoms with van der Waals surface area (Å²) < 4.78 is 10.5. The molecule has 1 aromatic carbocycles. The van der Waals surface area contributed by atoms with Crippen LogP contribution in [0, 0.1) is 0 Å². The molecule has 1 aromatic rings. The lowest BCUT2D eigenvalue weighted by Gasteiger charge is -2.25. The van der Waals surface area contributed by atoms with E-state index in [0.717, 1.165) is 5.56 Å². The zero-order chi connectivity index (χ0) is 10.7. The van der Waals surface area contributed by atoms with E-state index < -0.39 is 7.12 Å². The van der Waals surface area contributed by atoms with Gasteiger partial charge in [0.25, 0.3) is 0 Å². The first-order valence-corrected chi connectivity index (χ1v) is 4.90. The number of hydrogen-bond acceptors (Lipinski definition) is 4. The molecule has 0 saturated carbocycles. The molecule has 0 amide bonds. The summed E-state index contributed by atoms with van der Waals surface area (Å²) in [6.45, 7) is 1.89. The van der Waals surface area contributed by atoms with Gasteiger partial charge >= 0.3 is 7.12 Å². The number of ether oxygens (including phenoxy) is 2. The van der Waals surface area contributed by atoms with Crippen molar-refractivity contribution in [2.75, 3.05) is 13.2 Å². The van der Waals surface area contributed by atoms with Crippen LogP contribution >= 0.6 is 0 Å². The molecule has 1 aliphatic heterocycles. The standard InChI is InChI=1S/C10H13BO4/c12-11(13)9-3-1-8(2-4-9)5-15-10-6-14-7-10/h1-4,10,12-13H,5-7H2. The zero-order valence-electron chi connectivity index (χ0n) is 8.30. The largest absolute Gasteiger partial charge is 0.488 e. The van der Waals surface area contributed by atoms with E-state index in [1.165, 1.54) is 0 Å². The monoisotopic (exact) mass is 208 g/mol. The predicted octanol–water partition coefficient (Wildman–Crippen LogP) is -0.718. The average Bonchev–Trinajstić information content (AvgIpc) is 2.16. The van der Waals surface area contributed by atoms with Crippen molar-refractivity contribution in [1.82, 2.24) is 0 Å². The molecule has 0 spiro atoms. The molecule has 5 heteroatoms. The summed E-state index contributed by atoms with van der Waals surface area (Å²) in [5.41, 5.74) is 1.51. The molecule has 1 saturated heterocycles. The van der Waals surface area contributed by atoms with Gasteiger partial charge < -0.3 is 19.5 Å². The first-order chi connectivity index (χ1) is 7.25. The minimum absolute atomic E-state index is 0.216. The molecule has 80 valence electrons. The molecular formula is C10H13BO4. The van der Waals surface area contributed by atoms with Gasteiger partial charge in [-0.1, -0.05) is 24.3 Å². The molecule has 0 unspecified atom stereocenters.